The van der Waals surface area contributed by atoms with Gasteiger partial charge in [-0.15, -0.1) is 0 Å². The van der Waals surface area contributed by atoms with Crippen LogP contribution in [-0.4, -0.2) is 38.0 Å². The Morgan fingerprint density at radius 1 is 0.759 bits per heavy atom. The number of rotatable bonds is 1. The molecule has 0 N–H and O–H groups in total. The summed E-state index contributed by atoms with van der Waals surface area (Å²) < 4.78 is 24.4. The number of ether oxygens (including phenoxy) is 4. The lowest BCUT2D eigenvalue weighted by molar-refractivity contribution is -0.208. The SMILES string of the molecule is CC1(C2CCC3C4=CC=C5CC6(CC[C@@]5(C)C4CC[C@@]32C)OCCO6)OCCO1. The maximum Gasteiger partial charge on any atom is 0.172 e. The first-order chi connectivity index (χ1) is 13.9. The molecular formula is C25H36O4. The second-order valence-electron chi connectivity index (χ2n) is 11.1. The summed E-state index contributed by atoms with van der Waals surface area (Å²) in [5, 5.41) is 0. The van der Waals surface area contributed by atoms with Crippen molar-refractivity contribution >= 4 is 0 Å². The molecule has 3 saturated carbocycles. The molecule has 0 aromatic carbocycles. The molecule has 2 aliphatic heterocycles. The molecule has 0 amide bonds. The van der Waals surface area contributed by atoms with Crippen LogP contribution in [0.2, 0.25) is 0 Å². The molecule has 29 heavy (non-hydrogen) atoms. The van der Waals surface area contributed by atoms with Crippen molar-refractivity contribution in [2.75, 3.05) is 26.4 Å². The largest absolute Gasteiger partial charge is 0.348 e. The minimum Gasteiger partial charge on any atom is -0.348 e. The summed E-state index contributed by atoms with van der Waals surface area (Å²) in [6, 6.07) is 0. The highest BCUT2D eigenvalue weighted by atomic mass is 16.7. The van der Waals surface area contributed by atoms with Gasteiger partial charge in [0.25, 0.3) is 0 Å². The second kappa shape index (κ2) is 6.18. The summed E-state index contributed by atoms with van der Waals surface area (Å²) in [6.45, 7) is 10.2. The van der Waals surface area contributed by atoms with E-state index in [9.17, 15) is 0 Å². The third-order valence-electron chi connectivity index (χ3n) is 9.88. The number of hydrogen-bond acceptors (Lipinski definition) is 4. The summed E-state index contributed by atoms with van der Waals surface area (Å²) in [5.41, 5.74) is 3.84. The molecule has 3 unspecified atom stereocenters. The van der Waals surface area contributed by atoms with Crippen LogP contribution < -0.4 is 0 Å². The van der Waals surface area contributed by atoms with Gasteiger partial charge in [-0.05, 0) is 61.7 Å². The van der Waals surface area contributed by atoms with Gasteiger partial charge in [0.1, 0.15) is 0 Å². The fraction of sp³-hybridized carbons (Fsp3) is 0.840. The first-order valence-electron chi connectivity index (χ1n) is 11.9. The summed E-state index contributed by atoms with van der Waals surface area (Å²) in [7, 11) is 0. The van der Waals surface area contributed by atoms with Gasteiger partial charge in [-0.2, -0.15) is 0 Å². The molecule has 4 heteroatoms. The van der Waals surface area contributed by atoms with Crippen molar-refractivity contribution < 1.29 is 18.9 Å². The van der Waals surface area contributed by atoms with Crippen LogP contribution in [0.25, 0.3) is 0 Å². The minimum atomic E-state index is -0.384. The Balaban J connectivity index is 1.33. The lowest BCUT2D eigenvalue weighted by Gasteiger charge is -2.56. The highest BCUT2D eigenvalue weighted by Crippen LogP contribution is 2.67. The smallest absolute Gasteiger partial charge is 0.172 e. The van der Waals surface area contributed by atoms with Gasteiger partial charge < -0.3 is 18.9 Å². The zero-order chi connectivity index (χ0) is 19.9. The molecule has 1 spiro atoms. The van der Waals surface area contributed by atoms with Crippen molar-refractivity contribution in [1.82, 2.24) is 0 Å². The van der Waals surface area contributed by atoms with Crippen molar-refractivity contribution in [3.8, 4) is 0 Å². The maximum atomic E-state index is 6.15. The third kappa shape index (κ3) is 2.52. The second-order valence-corrected chi connectivity index (χ2v) is 11.1. The normalized spacial score (nSPS) is 47.3. The topological polar surface area (TPSA) is 36.9 Å². The van der Waals surface area contributed by atoms with E-state index in [0.717, 1.165) is 39.3 Å². The predicted molar refractivity (Wildman–Crippen MR) is 110 cm³/mol. The van der Waals surface area contributed by atoms with E-state index in [1.165, 1.54) is 32.1 Å². The summed E-state index contributed by atoms with van der Waals surface area (Å²) >= 11 is 0. The first-order valence-corrected chi connectivity index (χ1v) is 11.9. The van der Waals surface area contributed by atoms with Gasteiger partial charge >= 0.3 is 0 Å². The lowest BCUT2D eigenvalue weighted by Crippen LogP contribution is -2.51. The van der Waals surface area contributed by atoms with Crippen LogP contribution in [0, 0.1) is 28.6 Å². The van der Waals surface area contributed by atoms with Crippen LogP contribution >= 0.6 is 0 Å². The molecule has 5 fully saturated rings. The van der Waals surface area contributed by atoms with E-state index in [-0.39, 0.29) is 22.4 Å². The Morgan fingerprint density at radius 2 is 1.48 bits per heavy atom. The summed E-state index contributed by atoms with van der Waals surface area (Å²) in [6.07, 6.45) is 13.2. The van der Waals surface area contributed by atoms with Gasteiger partial charge in [0, 0.05) is 18.8 Å². The third-order valence-corrected chi connectivity index (χ3v) is 9.88. The van der Waals surface area contributed by atoms with Crippen molar-refractivity contribution in [1.29, 1.82) is 0 Å². The van der Waals surface area contributed by atoms with E-state index in [4.69, 9.17) is 18.9 Å². The average Bonchev–Trinajstić information content (AvgIpc) is 3.42. The van der Waals surface area contributed by atoms with E-state index in [1.807, 2.05) is 0 Å². The van der Waals surface area contributed by atoms with Gasteiger partial charge in [-0.25, -0.2) is 0 Å². The summed E-state index contributed by atoms with van der Waals surface area (Å²) in [4.78, 5) is 0. The van der Waals surface area contributed by atoms with Gasteiger partial charge in [0.15, 0.2) is 11.6 Å². The molecule has 6 aliphatic rings. The molecule has 6 rings (SSSR count). The number of hydrogen-bond donors (Lipinski definition) is 0. The van der Waals surface area contributed by atoms with Crippen molar-refractivity contribution in [2.24, 2.45) is 28.6 Å². The van der Waals surface area contributed by atoms with Crippen LogP contribution in [0.3, 0.4) is 0 Å². The molecule has 160 valence electrons. The van der Waals surface area contributed by atoms with Crippen molar-refractivity contribution in [2.45, 2.75) is 77.3 Å². The molecule has 4 aliphatic carbocycles. The quantitative estimate of drug-likeness (QED) is 0.621. The van der Waals surface area contributed by atoms with Crippen LogP contribution in [0.5, 0.6) is 0 Å². The van der Waals surface area contributed by atoms with Gasteiger partial charge in [-0.1, -0.05) is 37.1 Å². The van der Waals surface area contributed by atoms with Crippen molar-refractivity contribution in [3.63, 3.8) is 0 Å². The first kappa shape index (κ1) is 19.0. The fourth-order valence-electron chi connectivity index (χ4n) is 8.29. The Morgan fingerprint density at radius 3 is 2.24 bits per heavy atom. The number of allylic oxidation sites excluding steroid dienone is 3. The number of fused-ring (bicyclic) bond motifs is 5. The monoisotopic (exact) mass is 400 g/mol. The molecule has 0 radical (unpaired) electrons. The van der Waals surface area contributed by atoms with E-state index >= 15 is 0 Å². The highest BCUT2D eigenvalue weighted by Gasteiger charge is 2.62. The van der Waals surface area contributed by atoms with Crippen LogP contribution in [-0.2, 0) is 18.9 Å². The van der Waals surface area contributed by atoms with Crippen LogP contribution in [0.1, 0.15) is 65.7 Å². The molecule has 0 aromatic rings. The maximum absolute atomic E-state index is 6.15. The highest BCUT2D eigenvalue weighted by molar-refractivity contribution is 5.39. The Labute approximate surface area is 175 Å². The molecule has 2 saturated heterocycles. The Hall–Kier alpha value is -0.680. The standard InChI is InChI=1S/C25H36O4/c1-22-10-11-25(28-14-15-29-25)16-17(22)4-5-18-19-6-7-21(24(3)26-12-13-27-24)23(19,2)9-8-20(18)22/h4-5,19-21H,6-16H2,1-3H3/t19?,20?,21?,22-,23+/m1/s1. The Kier molecular flexibility index (Phi) is 4.06. The van der Waals surface area contributed by atoms with Crippen LogP contribution in [0.4, 0.5) is 0 Å². The van der Waals surface area contributed by atoms with E-state index in [2.05, 4.69) is 32.9 Å². The molecule has 0 bridgehead atoms. The molecule has 0 aromatic heterocycles. The molecule has 2 heterocycles. The van der Waals surface area contributed by atoms with E-state index in [1.54, 1.807) is 11.1 Å². The lowest BCUT2D eigenvalue weighted by atomic mass is 9.50. The predicted octanol–water partition coefficient (Wildman–Crippen LogP) is 4.99. The fourth-order valence-corrected chi connectivity index (χ4v) is 8.29. The average molecular weight is 401 g/mol. The van der Waals surface area contributed by atoms with Crippen LogP contribution in [0.15, 0.2) is 23.3 Å². The van der Waals surface area contributed by atoms with Gasteiger partial charge in [-0.3, -0.25) is 0 Å². The van der Waals surface area contributed by atoms with Gasteiger partial charge in [0.2, 0.25) is 0 Å². The summed E-state index contributed by atoms with van der Waals surface area (Å²) in [5.74, 6) is 1.13. The van der Waals surface area contributed by atoms with Crippen molar-refractivity contribution in [3.05, 3.63) is 23.3 Å². The molecular weight excluding hydrogens is 364 g/mol. The minimum absolute atomic E-state index is 0.272. The molecule has 4 nitrogen and oxygen atoms in total. The zero-order valence-electron chi connectivity index (χ0n) is 18.3. The van der Waals surface area contributed by atoms with Gasteiger partial charge in [0.05, 0.1) is 26.4 Å². The Bertz CT molecular complexity index is 757. The zero-order valence-corrected chi connectivity index (χ0v) is 18.3. The molecule has 5 atom stereocenters. The van der Waals surface area contributed by atoms with E-state index in [0.29, 0.717) is 17.8 Å². The van der Waals surface area contributed by atoms with E-state index < -0.39 is 0 Å².